The molecule has 19 heavy (non-hydrogen) atoms. The van der Waals surface area contributed by atoms with E-state index in [1.54, 1.807) is 0 Å². The van der Waals surface area contributed by atoms with Gasteiger partial charge in [0.05, 0.1) is 23.1 Å². The minimum absolute atomic E-state index is 0.0348. The van der Waals surface area contributed by atoms with Crippen molar-refractivity contribution in [3.63, 3.8) is 0 Å². The van der Waals surface area contributed by atoms with Crippen molar-refractivity contribution in [3.05, 3.63) is 38.3 Å². The molecule has 6 nitrogen and oxygen atoms in total. The van der Waals surface area contributed by atoms with Crippen LogP contribution in [-0.2, 0) is 4.74 Å². The summed E-state index contributed by atoms with van der Waals surface area (Å²) in [5.41, 5.74) is 0.160. The zero-order chi connectivity index (χ0) is 13.8. The number of nitrogens with zero attached hydrogens (tertiary/aromatic N) is 1. The fourth-order valence-corrected chi connectivity index (χ4v) is 2.35. The third-order valence-corrected chi connectivity index (χ3v) is 3.59. The normalized spacial score (nSPS) is 18.9. The van der Waals surface area contributed by atoms with E-state index in [0.717, 1.165) is 12.8 Å². The Labute approximate surface area is 118 Å². The van der Waals surface area contributed by atoms with Crippen LogP contribution in [0.5, 0.6) is 0 Å². The minimum Gasteiger partial charge on any atom is -0.379 e. The van der Waals surface area contributed by atoms with Gasteiger partial charge in [0.1, 0.15) is 0 Å². The van der Waals surface area contributed by atoms with Gasteiger partial charge in [-0.2, -0.15) is 0 Å². The Morgan fingerprint density at radius 2 is 2.32 bits per heavy atom. The zero-order valence-electron chi connectivity index (χ0n) is 10.1. The lowest BCUT2D eigenvalue weighted by molar-refractivity contribution is -0.384. The average molecular weight is 329 g/mol. The molecule has 0 aromatic heterocycles. The monoisotopic (exact) mass is 328 g/mol. The molecular weight excluding hydrogens is 316 g/mol. The van der Waals surface area contributed by atoms with Crippen molar-refractivity contribution in [2.24, 2.45) is 0 Å². The molecule has 1 fully saturated rings. The molecule has 102 valence electrons. The van der Waals surface area contributed by atoms with Crippen LogP contribution >= 0.6 is 15.9 Å². The van der Waals surface area contributed by atoms with Gasteiger partial charge < -0.3 is 10.1 Å². The van der Waals surface area contributed by atoms with E-state index in [1.807, 2.05) is 0 Å². The summed E-state index contributed by atoms with van der Waals surface area (Å²) in [6.45, 7) is 1.20. The number of nitro benzene ring substituents is 1. The summed E-state index contributed by atoms with van der Waals surface area (Å²) in [6, 6.07) is 4.09. The molecule has 0 spiro atoms. The van der Waals surface area contributed by atoms with Gasteiger partial charge in [0.25, 0.3) is 11.6 Å². The second kappa shape index (κ2) is 6.12. The van der Waals surface area contributed by atoms with Crippen LogP contribution in [0.4, 0.5) is 5.69 Å². The quantitative estimate of drug-likeness (QED) is 0.681. The van der Waals surface area contributed by atoms with Gasteiger partial charge in [0.2, 0.25) is 0 Å². The summed E-state index contributed by atoms with van der Waals surface area (Å²) >= 11 is 3.23. The Morgan fingerprint density at radius 3 is 2.95 bits per heavy atom. The van der Waals surface area contributed by atoms with E-state index >= 15 is 0 Å². The van der Waals surface area contributed by atoms with Crippen LogP contribution in [0.1, 0.15) is 23.2 Å². The molecule has 1 aliphatic rings. The lowest BCUT2D eigenvalue weighted by Crippen LogP contribution is -2.40. The van der Waals surface area contributed by atoms with Gasteiger partial charge in [-0.05, 0) is 34.8 Å². The number of hydrogen-bond donors (Lipinski definition) is 1. The second-order valence-corrected chi connectivity index (χ2v) is 5.16. The molecule has 1 heterocycles. The summed E-state index contributed by atoms with van der Waals surface area (Å²) < 4.78 is 5.81. The van der Waals surface area contributed by atoms with E-state index in [9.17, 15) is 14.9 Å². The smallest absolute Gasteiger partial charge is 0.270 e. The predicted octanol–water partition coefficient (Wildman–Crippen LogP) is 2.27. The first-order valence-corrected chi connectivity index (χ1v) is 6.70. The summed E-state index contributed by atoms with van der Waals surface area (Å²) in [7, 11) is 0. The first-order valence-electron chi connectivity index (χ1n) is 5.90. The fraction of sp³-hybridized carbons (Fsp3) is 0.417. The van der Waals surface area contributed by atoms with Gasteiger partial charge in [0, 0.05) is 23.2 Å². The highest BCUT2D eigenvalue weighted by Crippen LogP contribution is 2.22. The molecule has 1 aromatic rings. The molecule has 0 bridgehead atoms. The number of benzene rings is 1. The second-order valence-electron chi connectivity index (χ2n) is 4.31. The molecule has 1 atom stereocenters. The molecule has 0 radical (unpaired) electrons. The Balaban J connectivity index is 2.13. The summed E-state index contributed by atoms with van der Waals surface area (Å²) in [5, 5.41) is 13.5. The standard InChI is InChI=1S/C12H13BrN2O4/c13-11-4-3-9(15(17)18)6-10(11)12(16)14-8-2-1-5-19-7-8/h3-4,6,8H,1-2,5,7H2,(H,14,16). The van der Waals surface area contributed by atoms with Crippen molar-refractivity contribution in [2.45, 2.75) is 18.9 Å². The zero-order valence-corrected chi connectivity index (χ0v) is 11.7. The number of nitro groups is 1. The SMILES string of the molecule is O=C(NC1CCCOC1)c1cc([N+](=O)[O-])ccc1Br. The number of hydrogen-bond acceptors (Lipinski definition) is 4. The highest BCUT2D eigenvalue weighted by molar-refractivity contribution is 9.10. The molecule has 1 aliphatic heterocycles. The van der Waals surface area contributed by atoms with E-state index in [0.29, 0.717) is 17.7 Å². The topological polar surface area (TPSA) is 81.5 Å². The largest absolute Gasteiger partial charge is 0.379 e. The predicted molar refractivity (Wildman–Crippen MR) is 72.1 cm³/mol. The van der Waals surface area contributed by atoms with Crippen LogP contribution in [0.15, 0.2) is 22.7 Å². The lowest BCUT2D eigenvalue weighted by Gasteiger charge is -2.23. The number of carbonyl (C=O) groups excluding carboxylic acids is 1. The van der Waals surface area contributed by atoms with E-state index in [2.05, 4.69) is 21.2 Å². The molecule has 0 saturated carbocycles. The highest BCUT2D eigenvalue weighted by atomic mass is 79.9. The molecule has 1 N–H and O–H groups in total. The van der Waals surface area contributed by atoms with Gasteiger partial charge >= 0.3 is 0 Å². The van der Waals surface area contributed by atoms with Gasteiger partial charge in [-0.15, -0.1) is 0 Å². The highest BCUT2D eigenvalue weighted by Gasteiger charge is 2.20. The van der Waals surface area contributed by atoms with Crippen LogP contribution in [-0.4, -0.2) is 30.1 Å². The third kappa shape index (κ3) is 3.51. The molecule has 2 rings (SSSR count). The van der Waals surface area contributed by atoms with Crippen LogP contribution in [0.25, 0.3) is 0 Å². The first kappa shape index (κ1) is 14.0. The summed E-state index contributed by atoms with van der Waals surface area (Å²) in [6.07, 6.45) is 1.76. The van der Waals surface area contributed by atoms with E-state index in [-0.39, 0.29) is 23.2 Å². The van der Waals surface area contributed by atoms with E-state index in [1.165, 1.54) is 18.2 Å². The number of ether oxygens (including phenoxy) is 1. The number of nitrogens with one attached hydrogen (secondary N) is 1. The van der Waals surface area contributed by atoms with Crippen LogP contribution in [0.2, 0.25) is 0 Å². The maximum atomic E-state index is 12.1. The minimum atomic E-state index is -0.521. The third-order valence-electron chi connectivity index (χ3n) is 2.90. The lowest BCUT2D eigenvalue weighted by atomic mass is 10.1. The number of carbonyl (C=O) groups is 1. The van der Waals surface area contributed by atoms with Gasteiger partial charge in [-0.3, -0.25) is 14.9 Å². The van der Waals surface area contributed by atoms with Crippen LogP contribution in [0, 0.1) is 10.1 Å². The van der Waals surface area contributed by atoms with Crippen LogP contribution < -0.4 is 5.32 Å². The van der Waals surface area contributed by atoms with Crippen molar-refractivity contribution in [3.8, 4) is 0 Å². The Kier molecular flexibility index (Phi) is 4.49. The maximum absolute atomic E-state index is 12.1. The average Bonchev–Trinajstić information content (AvgIpc) is 2.40. The van der Waals surface area contributed by atoms with Crippen molar-refractivity contribution in [1.29, 1.82) is 0 Å². The molecule has 1 saturated heterocycles. The van der Waals surface area contributed by atoms with E-state index in [4.69, 9.17) is 4.74 Å². The molecule has 1 unspecified atom stereocenters. The number of amides is 1. The number of rotatable bonds is 3. The summed E-state index contributed by atoms with van der Waals surface area (Å²) in [4.78, 5) is 22.3. The van der Waals surface area contributed by atoms with Gasteiger partial charge in [0.15, 0.2) is 0 Å². The first-order chi connectivity index (χ1) is 9.08. The fourth-order valence-electron chi connectivity index (χ4n) is 1.92. The molecule has 7 heteroatoms. The Hall–Kier alpha value is -1.47. The van der Waals surface area contributed by atoms with Crippen LogP contribution in [0.3, 0.4) is 0 Å². The summed E-state index contributed by atoms with van der Waals surface area (Å²) in [5.74, 6) is -0.328. The van der Waals surface area contributed by atoms with E-state index < -0.39 is 4.92 Å². The van der Waals surface area contributed by atoms with Gasteiger partial charge in [-0.25, -0.2) is 0 Å². The Morgan fingerprint density at radius 1 is 1.53 bits per heavy atom. The molecule has 0 aliphatic carbocycles. The maximum Gasteiger partial charge on any atom is 0.270 e. The Bertz CT molecular complexity index is 501. The molecular formula is C12H13BrN2O4. The molecule has 1 aromatic carbocycles. The number of halogens is 1. The number of non-ortho nitro benzene ring substituents is 1. The van der Waals surface area contributed by atoms with Crippen molar-refractivity contribution >= 4 is 27.5 Å². The van der Waals surface area contributed by atoms with Crippen molar-refractivity contribution < 1.29 is 14.5 Å². The van der Waals surface area contributed by atoms with Crippen molar-refractivity contribution in [1.82, 2.24) is 5.32 Å². The van der Waals surface area contributed by atoms with Gasteiger partial charge in [-0.1, -0.05) is 0 Å². The molecule has 1 amide bonds. The van der Waals surface area contributed by atoms with Crippen molar-refractivity contribution in [2.75, 3.05) is 13.2 Å².